The van der Waals surface area contributed by atoms with Crippen molar-refractivity contribution in [3.63, 3.8) is 0 Å². The third kappa shape index (κ3) is 4.30. The third-order valence-corrected chi connectivity index (χ3v) is 6.19. The summed E-state index contributed by atoms with van der Waals surface area (Å²) in [6, 6.07) is 13.5. The van der Waals surface area contributed by atoms with Crippen LogP contribution in [0, 0.1) is 0 Å². The number of carbonyl (C=O) groups is 1. The highest BCUT2D eigenvalue weighted by molar-refractivity contribution is 7.99. The van der Waals surface area contributed by atoms with E-state index in [1.807, 2.05) is 4.90 Å². The molecule has 138 valence electrons. The maximum atomic E-state index is 12.8. The first-order valence-electron chi connectivity index (χ1n) is 8.50. The first-order valence-corrected chi connectivity index (χ1v) is 10.3. The molecule has 1 fully saturated rings. The van der Waals surface area contributed by atoms with Crippen LogP contribution in [0.3, 0.4) is 0 Å². The lowest BCUT2D eigenvalue weighted by Gasteiger charge is -2.26. The van der Waals surface area contributed by atoms with E-state index in [9.17, 15) is 4.79 Å². The van der Waals surface area contributed by atoms with Crippen molar-refractivity contribution in [1.29, 1.82) is 0 Å². The Hall–Kier alpha value is -1.36. The normalized spacial score (nSPS) is 17.4. The van der Waals surface area contributed by atoms with Gasteiger partial charge in [0, 0.05) is 17.3 Å². The zero-order valence-corrected chi connectivity index (χ0v) is 17.4. The fourth-order valence-corrected chi connectivity index (χ4v) is 4.59. The summed E-state index contributed by atoms with van der Waals surface area (Å²) in [5.41, 5.74) is 3.11. The second kappa shape index (κ2) is 7.71. The smallest absolute Gasteiger partial charge is 0.308 e. The van der Waals surface area contributed by atoms with Crippen LogP contribution in [0.2, 0.25) is 10.0 Å². The Balaban J connectivity index is 1.76. The molecule has 6 heteroatoms. The number of hydrogen-bond acceptors (Lipinski definition) is 2. The van der Waals surface area contributed by atoms with E-state index in [0.717, 1.165) is 11.3 Å². The van der Waals surface area contributed by atoms with Gasteiger partial charge in [-0.25, -0.2) is 4.79 Å². The fraction of sp³-hybridized carbons (Fsp3) is 0.350. The maximum absolute atomic E-state index is 12.8. The Labute approximate surface area is 169 Å². The van der Waals surface area contributed by atoms with Gasteiger partial charge >= 0.3 is 6.03 Å². The number of nitrogens with zero attached hydrogens (tertiary/aromatic N) is 1. The molecule has 1 N–H and O–H groups in total. The Morgan fingerprint density at radius 3 is 2.46 bits per heavy atom. The van der Waals surface area contributed by atoms with E-state index in [1.165, 1.54) is 5.56 Å². The van der Waals surface area contributed by atoms with Gasteiger partial charge in [0.25, 0.3) is 0 Å². The summed E-state index contributed by atoms with van der Waals surface area (Å²) < 4.78 is 0. The zero-order chi connectivity index (χ0) is 18.9. The van der Waals surface area contributed by atoms with Gasteiger partial charge in [-0.3, -0.25) is 0 Å². The lowest BCUT2D eigenvalue weighted by molar-refractivity contribution is 0.214. The highest BCUT2D eigenvalue weighted by atomic mass is 35.5. The van der Waals surface area contributed by atoms with E-state index in [4.69, 9.17) is 23.2 Å². The quantitative estimate of drug-likeness (QED) is 0.608. The van der Waals surface area contributed by atoms with Crippen LogP contribution in [-0.2, 0) is 5.41 Å². The van der Waals surface area contributed by atoms with E-state index >= 15 is 0 Å². The summed E-state index contributed by atoms with van der Waals surface area (Å²) in [6.45, 7) is 7.29. The predicted molar refractivity (Wildman–Crippen MR) is 113 cm³/mol. The van der Waals surface area contributed by atoms with Crippen LogP contribution in [0.5, 0.6) is 0 Å². The van der Waals surface area contributed by atoms with Gasteiger partial charge in [0.05, 0.1) is 10.7 Å². The van der Waals surface area contributed by atoms with Crippen LogP contribution in [0.1, 0.15) is 37.3 Å². The van der Waals surface area contributed by atoms with Gasteiger partial charge in [-0.05, 0) is 34.7 Å². The average molecular weight is 409 g/mol. The van der Waals surface area contributed by atoms with E-state index in [1.54, 1.807) is 30.0 Å². The van der Waals surface area contributed by atoms with Crippen LogP contribution >= 0.6 is 35.0 Å². The van der Waals surface area contributed by atoms with Crippen molar-refractivity contribution in [2.75, 3.05) is 17.6 Å². The number of carbonyl (C=O) groups excluding carboxylic acids is 1. The number of thioether (sulfide) groups is 1. The molecule has 1 saturated heterocycles. The van der Waals surface area contributed by atoms with E-state index in [0.29, 0.717) is 22.3 Å². The Bertz CT molecular complexity index is 802. The molecule has 1 aliphatic heterocycles. The van der Waals surface area contributed by atoms with Crippen molar-refractivity contribution >= 4 is 46.7 Å². The molecule has 0 unspecified atom stereocenters. The Morgan fingerprint density at radius 2 is 1.85 bits per heavy atom. The maximum Gasteiger partial charge on any atom is 0.323 e. The number of benzene rings is 2. The number of urea groups is 1. The van der Waals surface area contributed by atoms with Crippen LogP contribution < -0.4 is 5.32 Å². The van der Waals surface area contributed by atoms with Gasteiger partial charge in [0.2, 0.25) is 0 Å². The molecule has 0 aliphatic carbocycles. The minimum atomic E-state index is -0.149. The molecule has 0 spiro atoms. The summed E-state index contributed by atoms with van der Waals surface area (Å²) in [7, 11) is 0. The van der Waals surface area contributed by atoms with Gasteiger partial charge in [-0.2, -0.15) is 0 Å². The monoisotopic (exact) mass is 408 g/mol. The third-order valence-electron chi connectivity index (χ3n) is 4.39. The molecule has 1 aliphatic rings. The summed E-state index contributed by atoms with van der Waals surface area (Å²) in [5, 5.41) is 3.88. The molecule has 26 heavy (non-hydrogen) atoms. The first-order chi connectivity index (χ1) is 12.3. The second-order valence-electron chi connectivity index (χ2n) is 7.34. The van der Waals surface area contributed by atoms with Gasteiger partial charge in [0.1, 0.15) is 5.37 Å². The molecule has 0 radical (unpaired) electrons. The molecule has 2 amide bonds. The number of halogens is 2. The van der Waals surface area contributed by atoms with Crippen LogP contribution in [0.15, 0.2) is 42.5 Å². The van der Waals surface area contributed by atoms with Crippen LogP contribution in [-0.4, -0.2) is 23.2 Å². The lowest BCUT2D eigenvalue weighted by atomic mass is 9.87. The second-order valence-corrected chi connectivity index (χ2v) is 9.37. The molecule has 0 aromatic heterocycles. The molecular weight excluding hydrogens is 387 g/mol. The van der Waals surface area contributed by atoms with Crippen molar-refractivity contribution in [3.05, 3.63) is 63.6 Å². The summed E-state index contributed by atoms with van der Waals surface area (Å²) >= 11 is 13.9. The zero-order valence-electron chi connectivity index (χ0n) is 15.1. The number of nitrogens with one attached hydrogen (secondary N) is 1. The van der Waals surface area contributed by atoms with Crippen LogP contribution in [0.25, 0.3) is 0 Å². The van der Waals surface area contributed by atoms with E-state index in [-0.39, 0.29) is 16.8 Å². The molecule has 0 saturated carbocycles. The minimum absolute atomic E-state index is 0.00935. The SMILES string of the molecule is CC(C)(C)c1ccc([C@@H]2SCCN2C(=O)Nc2ccc(Cl)cc2Cl)cc1. The molecule has 2 aromatic rings. The van der Waals surface area contributed by atoms with Gasteiger partial charge in [-0.15, -0.1) is 11.8 Å². The predicted octanol–water partition coefficient (Wildman–Crippen LogP) is 6.57. The first kappa shape index (κ1) is 19.4. The van der Waals surface area contributed by atoms with Crippen molar-refractivity contribution in [3.8, 4) is 0 Å². The summed E-state index contributed by atoms with van der Waals surface area (Å²) in [6.07, 6.45) is 0. The van der Waals surface area contributed by atoms with E-state index in [2.05, 4.69) is 50.4 Å². The number of rotatable bonds is 2. The van der Waals surface area contributed by atoms with Gasteiger partial charge in [0.15, 0.2) is 0 Å². The number of hydrogen-bond donors (Lipinski definition) is 1. The Morgan fingerprint density at radius 1 is 1.15 bits per heavy atom. The topological polar surface area (TPSA) is 32.3 Å². The molecule has 3 rings (SSSR count). The molecule has 3 nitrogen and oxygen atoms in total. The molecule has 0 bridgehead atoms. The largest absolute Gasteiger partial charge is 0.323 e. The van der Waals surface area contributed by atoms with E-state index < -0.39 is 0 Å². The Kier molecular flexibility index (Phi) is 5.75. The van der Waals surface area contributed by atoms with Crippen molar-refractivity contribution in [1.82, 2.24) is 4.90 Å². The van der Waals surface area contributed by atoms with Crippen molar-refractivity contribution in [2.24, 2.45) is 0 Å². The van der Waals surface area contributed by atoms with Crippen molar-refractivity contribution < 1.29 is 4.79 Å². The number of amides is 2. The average Bonchev–Trinajstić information content (AvgIpc) is 3.06. The van der Waals surface area contributed by atoms with Crippen molar-refractivity contribution in [2.45, 2.75) is 31.6 Å². The molecular formula is C20H22Cl2N2OS. The minimum Gasteiger partial charge on any atom is -0.308 e. The molecule has 1 heterocycles. The summed E-state index contributed by atoms with van der Waals surface area (Å²) in [4.78, 5) is 14.6. The standard InChI is InChI=1S/C20H22Cl2N2OS/c1-20(2,3)14-6-4-13(5-7-14)18-24(10-11-26-18)19(25)23-17-9-8-15(21)12-16(17)22/h4-9,12,18H,10-11H2,1-3H3,(H,23,25)/t18-/m0/s1. The highest BCUT2D eigenvalue weighted by Gasteiger charge is 2.31. The summed E-state index contributed by atoms with van der Waals surface area (Å²) in [5.74, 6) is 0.910. The molecule has 1 atom stereocenters. The molecule has 2 aromatic carbocycles. The van der Waals surface area contributed by atoms with Gasteiger partial charge in [-0.1, -0.05) is 68.2 Å². The number of anilines is 1. The fourth-order valence-electron chi connectivity index (χ4n) is 2.88. The lowest BCUT2D eigenvalue weighted by Crippen LogP contribution is -2.34. The van der Waals surface area contributed by atoms with Gasteiger partial charge < -0.3 is 10.2 Å². The highest BCUT2D eigenvalue weighted by Crippen LogP contribution is 2.39. The van der Waals surface area contributed by atoms with Crippen LogP contribution in [0.4, 0.5) is 10.5 Å².